The second-order valence-electron chi connectivity index (χ2n) is 8.27. The molecule has 0 radical (unpaired) electrons. The first-order valence-electron chi connectivity index (χ1n) is 11.6. The molecule has 8 heteroatoms. The lowest BCUT2D eigenvalue weighted by atomic mass is 10.1. The lowest BCUT2D eigenvalue weighted by molar-refractivity contribution is -0.126. The maximum Gasteiger partial charge on any atom is 0.255 e. The Morgan fingerprint density at radius 2 is 1.56 bits per heavy atom. The monoisotopic (exact) mass is 505 g/mol. The maximum atomic E-state index is 13.1. The Labute approximate surface area is 215 Å². The van der Waals surface area contributed by atoms with Crippen LogP contribution in [0.25, 0.3) is 6.08 Å². The highest BCUT2D eigenvalue weighted by Crippen LogP contribution is 2.31. The van der Waals surface area contributed by atoms with Crippen LogP contribution < -0.4 is 19.7 Å². The van der Waals surface area contributed by atoms with Crippen LogP contribution in [0.4, 0.5) is 11.4 Å². The summed E-state index contributed by atoms with van der Waals surface area (Å²) in [6.45, 7) is 2.40. The molecular weight excluding hydrogens is 478 g/mol. The van der Waals surface area contributed by atoms with E-state index in [1.807, 2.05) is 47.4 Å². The van der Waals surface area contributed by atoms with Gasteiger partial charge in [0.1, 0.15) is 11.5 Å². The first-order valence-corrected chi connectivity index (χ1v) is 12.0. The number of rotatable bonds is 7. The number of nitrogens with zero attached hydrogens (tertiary/aromatic N) is 2. The SMILES string of the molecule is COc1cc(OC)cc(C(=O)Nc2cc(Cl)ccc2N2CCN(C(=O)/C=C/c3ccccc3)CC2)c1. The van der Waals surface area contributed by atoms with Gasteiger partial charge in [-0.15, -0.1) is 0 Å². The van der Waals surface area contributed by atoms with E-state index in [0.29, 0.717) is 54.0 Å². The molecule has 0 saturated carbocycles. The van der Waals surface area contributed by atoms with Crippen molar-refractivity contribution in [2.75, 3.05) is 50.6 Å². The second kappa shape index (κ2) is 11.6. The summed E-state index contributed by atoms with van der Waals surface area (Å²) in [5.41, 5.74) is 2.82. The van der Waals surface area contributed by atoms with E-state index in [-0.39, 0.29) is 11.8 Å². The number of nitrogens with one attached hydrogen (secondary N) is 1. The highest BCUT2D eigenvalue weighted by molar-refractivity contribution is 6.31. The zero-order valence-corrected chi connectivity index (χ0v) is 21.0. The Kier molecular flexibility index (Phi) is 8.13. The predicted octanol–water partition coefficient (Wildman–Crippen LogP) is 4.97. The molecule has 7 nitrogen and oxygen atoms in total. The number of piperazine rings is 1. The number of halogens is 1. The van der Waals surface area contributed by atoms with Gasteiger partial charge in [0, 0.05) is 48.9 Å². The molecular formula is C28H28ClN3O4. The Bertz CT molecular complexity index is 1230. The molecule has 0 spiro atoms. The van der Waals surface area contributed by atoms with E-state index in [9.17, 15) is 9.59 Å². The summed E-state index contributed by atoms with van der Waals surface area (Å²) in [5, 5.41) is 3.48. The zero-order valence-electron chi connectivity index (χ0n) is 20.2. The number of carbonyl (C=O) groups excluding carboxylic acids is 2. The fourth-order valence-corrected chi connectivity index (χ4v) is 4.19. The average molecular weight is 506 g/mol. The van der Waals surface area contributed by atoms with Gasteiger partial charge in [-0.25, -0.2) is 0 Å². The number of amides is 2. The van der Waals surface area contributed by atoms with Crippen molar-refractivity contribution in [2.24, 2.45) is 0 Å². The van der Waals surface area contributed by atoms with Gasteiger partial charge in [0.15, 0.2) is 0 Å². The smallest absolute Gasteiger partial charge is 0.255 e. The third-order valence-electron chi connectivity index (χ3n) is 5.97. The van der Waals surface area contributed by atoms with Gasteiger partial charge in [0.05, 0.1) is 25.6 Å². The molecule has 0 bridgehead atoms. The van der Waals surface area contributed by atoms with E-state index in [0.717, 1.165) is 11.3 Å². The first-order chi connectivity index (χ1) is 17.5. The van der Waals surface area contributed by atoms with E-state index in [2.05, 4.69) is 10.2 Å². The lowest BCUT2D eigenvalue weighted by Crippen LogP contribution is -2.48. The van der Waals surface area contributed by atoms with Gasteiger partial charge in [0.25, 0.3) is 5.91 Å². The molecule has 1 fully saturated rings. The van der Waals surface area contributed by atoms with E-state index < -0.39 is 0 Å². The van der Waals surface area contributed by atoms with Crippen molar-refractivity contribution in [3.05, 3.63) is 89.0 Å². The molecule has 1 heterocycles. The van der Waals surface area contributed by atoms with E-state index >= 15 is 0 Å². The van der Waals surface area contributed by atoms with Gasteiger partial charge in [-0.3, -0.25) is 9.59 Å². The Hall–Kier alpha value is -3.97. The predicted molar refractivity (Wildman–Crippen MR) is 143 cm³/mol. The first kappa shape index (κ1) is 25.1. The van der Waals surface area contributed by atoms with E-state index in [1.165, 1.54) is 14.2 Å². The molecule has 0 aromatic heterocycles. The minimum Gasteiger partial charge on any atom is -0.497 e. The highest BCUT2D eigenvalue weighted by Gasteiger charge is 2.22. The average Bonchev–Trinajstić information content (AvgIpc) is 2.92. The summed E-state index contributed by atoms with van der Waals surface area (Å²) in [7, 11) is 3.07. The number of hydrogen-bond donors (Lipinski definition) is 1. The Morgan fingerprint density at radius 1 is 0.889 bits per heavy atom. The Balaban J connectivity index is 1.45. The molecule has 3 aromatic carbocycles. The molecule has 0 unspecified atom stereocenters. The lowest BCUT2D eigenvalue weighted by Gasteiger charge is -2.36. The van der Waals surface area contributed by atoms with Gasteiger partial charge >= 0.3 is 0 Å². The van der Waals surface area contributed by atoms with E-state index in [1.54, 1.807) is 36.4 Å². The van der Waals surface area contributed by atoms with E-state index in [4.69, 9.17) is 21.1 Å². The summed E-state index contributed by atoms with van der Waals surface area (Å²) in [4.78, 5) is 29.7. The molecule has 36 heavy (non-hydrogen) atoms. The van der Waals surface area contributed by atoms with Crippen LogP contribution >= 0.6 is 11.6 Å². The van der Waals surface area contributed by atoms with Gasteiger partial charge in [-0.1, -0.05) is 41.9 Å². The standard InChI is InChI=1S/C28H28ClN3O4/c1-35-23-16-21(17-24(19-23)36-2)28(34)30-25-18-22(29)9-10-26(25)31-12-14-32(15-13-31)27(33)11-8-20-6-4-3-5-7-20/h3-11,16-19H,12-15H2,1-2H3,(H,30,34)/b11-8+. The van der Waals surface area contributed by atoms with Crippen LogP contribution in [0.1, 0.15) is 15.9 Å². The summed E-state index contributed by atoms with van der Waals surface area (Å²) in [5.74, 6) is 0.714. The number of carbonyl (C=O) groups is 2. The summed E-state index contributed by atoms with van der Waals surface area (Å²) >= 11 is 6.26. The van der Waals surface area contributed by atoms with Crippen LogP contribution in [-0.2, 0) is 4.79 Å². The Morgan fingerprint density at radius 3 is 2.19 bits per heavy atom. The minimum absolute atomic E-state index is 0.0184. The van der Waals surface area contributed by atoms with Crippen molar-refractivity contribution in [2.45, 2.75) is 0 Å². The number of benzene rings is 3. The van der Waals surface area contributed by atoms with Crippen LogP contribution in [0.5, 0.6) is 11.5 Å². The molecule has 1 aliphatic rings. The summed E-state index contributed by atoms with van der Waals surface area (Å²) in [6.07, 6.45) is 3.44. The second-order valence-corrected chi connectivity index (χ2v) is 8.71. The molecule has 0 atom stereocenters. The third-order valence-corrected chi connectivity index (χ3v) is 6.21. The fraction of sp³-hybridized carbons (Fsp3) is 0.214. The number of methoxy groups -OCH3 is 2. The van der Waals surface area contributed by atoms with Gasteiger partial charge < -0.3 is 24.6 Å². The third kappa shape index (κ3) is 6.17. The van der Waals surface area contributed by atoms with Crippen LogP contribution in [0, 0.1) is 0 Å². The normalized spacial score (nSPS) is 13.5. The molecule has 186 valence electrons. The fourth-order valence-electron chi connectivity index (χ4n) is 4.02. The molecule has 0 aliphatic carbocycles. The van der Waals surface area contributed by atoms with Crippen LogP contribution in [0.3, 0.4) is 0 Å². The van der Waals surface area contributed by atoms with Crippen molar-refractivity contribution in [3.63, 3.8) is 0 Å². The summed E-state index contributed by atoms with van der Waals surface area (Å²) < 4.78 is 10.6. The van der Waals surface area contributed by atoms with Gasteiger partial charge in [-0.2, -0.15) is 0 Å². The number of hydrogen-bond acceptors (Lipinski definition) is 5. The van der Waals surface area contributed by atoms with Crippen molar-refractivity contribution in [3.8, 4) is 11.5 Å². The van der Waals surface area contributed by atoms with Crippen LogP contribution in [0.15, 0.2) is 72.8 Å². The number of anilines is 2. The van der Waals surface area contributed by atoms with Crippen molar-refractivity contribution < 1.29 is 19.1 Å². The van der Waals surface area contributed by atoms with Crippen molar-refractivity contribution >= 4 is 40.9 Å². The van der Waals surface area contributed by atoms with Crippen molar-refractivity contribution in [1.82, 2.24) is 4.90 Å². The molecule has 1 aliphatic heterocycles. The highest BCUT2D eigenvalue weighted by atomic mass is 35.5. The topological polar surface area (TPSA) is 71.1 Å². The van der Waals surface area contributed by atoms with Gasteiger partial charge in [0.2, 0.25) is 5.91 Å². The maximum absolute atomic E-state index is 13.1. The van der Waals surface area contributed by atoms with Crippen LogP contribution in [-0.4, -0.2) is 57.1 Å². The van der Waals surface area contributed by atoms with Gasteiger partial charge in [-0.05, 0) is 42.0 Å². The molecule has 1 saturated heterocycles. The molecule has 3 aromatic rings. The van der Waals surface area contributed by atoms with Crippen LogP contribution in [0.2, 0.25) is 5.02 Å². The largest absolute Gasteiger partial charge is 0.497 e. The molecule has 2 amide bonds. The number of ether oxygens (including phenoxy) is 2. The quantitative estimate of drug-likeness (QED) is 0.459. The molecule has 1 N–H and O–H groups in total. The van der Waals surface area contributed by atoms with Crippen molar-refractivity contribution in [1.29, 1.82) is 0 Å². The molecule has 4 rings (SSSR count). The zero-order chi connectivity index (χ0) is 25.5. The minimum atomic E-state index is -0.310. The summed E-state index contributed by atoms with van der Waals surface area (Å²) in [6, 6.07) is 20.2.